The standard InChI is InChI=1S/C33H40N4O4S/c1-23(2)28(20-25(38)22-34)33(40)37-30-21-26(10-8-24(30)9-11-32(37)39)41-18-4-3-13-35-14-16-36(17-15-35)29-6-5-7-31-27(29)12-19-42-31/h5-12,19,21,23,28H,3-4,13-18,20,22,34H2,1-2H3. The van der Waals surface area contributed by atoms with E-state index in [0.717, 1.165) is 51.0 Å². The van der Waals surface area contributed by atoms with Gasteiger partial charge in [0, 0.05) is 66.4 Å². The third kappa shape index (κ3) is 6.75. The van der Waals surface area contributed by atoms with Crippen LogP contribution in [0.2, 0.25) is 0 Å². The van der Waals surface area contributed by atoms with Crippen LogP contribution in [0.1, 0.15) is 37.9 Å². The lowest BCUT2D eigenvalue weighted by atomic mass is 9.89. The Morgan fingerprint density at radius 3 is 2.55 bits per heavy atom. The summed E-state index contributed by atoms with van der Waals surface area (Å²) in [7, 11) is 0. The summed E-state index contributed by atoms with van der Waals surface area (Å²) in [4.78, 5) is 43.4. The summed E-state index contributed by atoms with van der Waals surface area (Å²) in [5, 5.41) is 4.28. The van der Waals surface area contributed by atoms with Gasteiger partial charge in [-0.15, -0.1) is 11.3 Å². The number of nitrogens with two attached hydrogens (primary N) is 1. The monoisotopic (exact) mass is 588 g/mol. The molecule has 0 amide bonds. The van der Waals surface area contributed by atoms with Gasteiger partial charge in [0.05, 0.1) is 18.7 Å². The van der Waals surface area contributed by atoms with Crippen LogP contribution in [0.4, 0.5) is 5.69 Å². The highest BCUT2D eigenvalue weighted by Crippen LogP contribution is 2.31. The highest BCUT2D eigenvalue weighted by molar-refractivity contribution is 7.17. The summed E-state index contributed by atoms with van der Waals surface area (Å²) in [6.07, 6.45) is 1.96. The van der Waals surface area contributed by atoms with Crippen molar-refractivity contribution >= 4 is 49.7 Å². The van der Waals surface area contributed by atoms with Gasteiger partial charge in [0.1, 0.15) is 11.5 Å². The van der Waals surface area contributed by atoms with E-state index in [2.05, 4.69) is 39.4 Å². The fraction of sp³-hybridized carbons (Fsp3) is 0.424. The number of carbonyl (C=O) groups is 2. The number of carbonyl (C=O) groups excluding carboxylic acids is 2. The summed E-state index contributed by atoms with van der Waals surface area (Å²) in [5.74, 6) is -0.707. The van der Waals surface area contributed by atoms with Crippen molar-refractivity contribution in [1.82, 2.24) is 9.47 Å². The first-order valence-corrected chi connectivity index (χ1v) is 15.7. The van der Waals surface area contributed by atoms with Gasteiger partial charge in [-0.05, 0) is 72.5 Å². The topological polar surface area (TPSA) is 97.9 Å². The molecule has 0 bridgehead atoms. The van der Waals surface area contributed by atoms with Gasteiger partial charge in [-0.25, -0.2) is 4.57 Å². The lowest BCUT2D eigenvalue weighted by Crippen LogP contribution is -2.46. The van der Waals surface area contributed by atoms with Gasteiger partial charge >= 0.3 is 0 Å². The molecule has 8 nitrogen and oxygen atoms in total. The maximum Gasteiger partial charge on any atom is 0.257 e. The predicted molar refractivity (Wildman–Crippen MR) is 171 cm³/mol. The summed E-state index contributed by atoms with van der Waals surface area (Å²) in [6.45, 7) is 9.37. The normalized spacial score (nSPS) is 15.0. The van der Waals surface area contributed by atoms with E-state index in [9.17, 15) is 14.4 Å². The van der Waals surface area contributed by atoms with E-state index in [-0.39, 0.29) is 30.6 Å². The molecule has 222 valence electrons. The average molecular weight is 589 g/mol. The maximum absolute atomic E-state index is 13.5. The first kappa shape index (κ1) is 29.9. The van der Waals surface area contributed by atoms with Crippen LogP contribution in [0.25, 0.3) is 21.0 Å². The van der Waals surface area contributed by atoms with Gasteiger partial charge in [0.2, 0.25) is 5.91 Å². The molecule has 0 aliphatic carbocycles. The minimum absolute atomic E-state index is 0.0196. The molecule has 0 radical (unpaired) electrons. The van der Waals surface area contributed by atoms with E-state index in [4.69, 9.17) is 10.5 Å². The number of benzene rings is 2. The van der Waals surface area contributed by atoms with Crippen molar-refractivity contribution in [2.24, 2.45) is 17.6 Å². The molecule has 4 aromatic rings. The largest absolute Gasteiger partial charge is 0.494 e. The Kier molecular flexibility index (Phi) is 9.72. The van der Waals surface area contributed by atoms with Crippen LogP contribution >= 0.6 is 11.3 Å². The van der Waals surface area contributed by atoms with Crippen LogP contribution in [0, 0.1) is 11.8 Å². The molecule has 1 aliphatic heterocycles. The Bertz CT molecular complexity index is 1600. The minimum atomic E-state index is -0.625. The number of anilines is 1. The number of hydrogen-bond acceptors (Lipinski definition) is 8. The van der Waals surface area contributed by atoms with E-state index < -0.39 is 11.5 Å². The number of rotatable bonds is 12. The number of aromatic nitrogens is 1. The quantitative estimate of drug-likeness (QED) is 0.232. The van der Waals surface area contributed by atoms with E-state index in [1.165, 1.54) is 26.4 Å². The molecule has 1 fully saturated rings. The van der Waals surface area contributed by atoms with Gasteiger partial charge in [-0.1, -0.05) is 19.9 Å². The molecule has 3 heterocycles. The second-order valence-electron chi connectivity index (χ2n) is 11.4. The molecular formula is C33H40N4O4S. The number of nitrogens with zero attached hydrogens (tertiary/aromatic N) is 3. The van der Waals surface area contributed by atoms with Crippen LogP contribution in [-0.4, -0.2) is 67.0 Å². The van der Waals surface area contributed by atoms with Gasteiger partial charge in [0.25, 0.3) is 5.56 Å². The van der Waals surface area contributed by atoms with E-state index in [0.29, 0.717) is 17.9 Å². The SMILES string of the molecule is CC(C)C(CC(=O)CN)C(=O)n1c(=O)ccc2ccc(OCCCCN3CCN(c4cccc5sccc45)CC3)cc21. The smallest absolute Gasteiger partial charge is 0.257 e. The van der Waals surface area contributed by atoms with Crippen molar-refractivity contribution in [2.75, 3.05) is 50.8 Å². The summed E-state index contributed by atoms with van der Waals surface area (Å²) < 4.78 is 8.59. The lowest BCUT2D eigenvalue weighted by Gasteiger charge is -2.36. The van der Waals surface area contributed by atoms with Crippen LogP contribution in [0.5, 0.6) is 5.75 Å². The van der Waals surface area contributed by atoms with Crippen molar-refractivity contribution in [3.63, 3.8) is 0 Å². The van der Waals surface area contributed by atoms with Crippen molar-refractivity contribution < 1.29 is 14.3 Å². The van der Waals surface area contributed by atoms with Gasteiger partial charge < -0.3 is 15.4 Å². The molecule has 2 N–H and O–H groups in total. The molecule has 5 rings (SSSR count). The molecule has 1 aliphatic rings. The highest BCUT2D eigenvalue weighted by atomic mass is 32.1. The highest BCUT2D eigenvalue weighted by Gasteiger charge is 2.28. The molecule has 42 heavy (non-hydrogen) atoms. The maximum atomic E-state index is 13.5. The first-order valence-electron chi connectivity index (χ1n) is 14.8. The number of ether oxygens (including phenoxy) is 1. The Morgan fingerprint density at radius 2 is 1.79 bits per heavy atom. The van der Waals surface area contributed by atoms with Gasteiger partial charge in [-0.2, -0.15) is 0 Å². The lowest BCUT2D eigenvalue weighted by molar-refractivity contribution is -0.118. The molecule has 2 aromatic carbocycles. The predicted octanol–water partition coefficient (Wildman–Crippen LogP) is 5.03. The molecule has 9 heteroatoms. The number of ketones is 1. The number of Topliss-reactive ketones (excluding diaryl/α,β-unsaturated/α-hetero) is 1. The molecule has 1 atom stereocenters. The fourth-order valence-electron chi connectivity index (χ4n) is 5.73. The van der Waals surface area contributed by atoms with Gasteiger partial charge in [0.15, 0.2) is 0 Å². The van der Waals surface area contributed by atoms with Crippen LogP contribution in [0.3, 0.4) is 0 Å². The number of thiophene rings is 1. The van der Waals surface area contributed by atoms with E-state index in [1.54, 1.807) is 23.5 Å². The zero-order chi connectivity index (χ0) is 29.6. The second-order valence-corrected chi connectivity index (χ2v) is 12.3. The number of pyridine rings is 1. The number of hydrogen-bond donors (Lipinski definition) is 1. The average Bonchev–Trinajstić information content (AvgIpc) is 3.48. The Labute approximate surface area is 250 Å². The van der Waals surface area contributed by atoms with Crippen molar-refractivity contribution in [2.45, 2.75) is 33.1 Å². The van der Waals surface area contributed by atoms with Gasteiger partial charge in [-0.3, -0.25) is 19.3 Å². The fourth-order valence-corrected chi connectivity index (χ4v) is 6.53. The zero-order valence-corrected chi connectivity index (χ0v) is 25.3. The minimum Gasteiger partial charge on any atom is -0.494 e. The molecule has 2 aromatic heterocycles. The number of unbranched alkanes of at least 4 members (excludes halogenated alkanes) is 1. The Balaban J connectivity index is 1.14. The first-order chi connectivity index (χ1) is 20.4. The Hall–Kier alpha value is -3.53. The second kappa shape index (κ2) is 13.6. The third-order valence-corrected chi connectivity index (χ3v) is 9.09. The number of piperazine rings is 1. The van der Waals surface area contributed by atoms with Crippen molar-refractivity contribution in [3.8, 4) is 5.75 Å². The summed E-state index contributed by atoms with van der Waals surface area (Å²) in [6, 6.07) is 17.4. The molecule has 1 saturated heterocycles. The molecule has 1 unspecified atom stereocenters. The summed E-state index contributed by atoms with van der Waals surface area (Å²) >= 11 is 1.79. The van der Waals surface area contributed by atoms with Crippen molar-refractivity contribution in [1.29, 1.82) is 0 Å². The molecular weight excluding hydrogens is 548 g/mol. The number of fused-ring (bicyclic) bond motifs is 2. The third-order valence-electron chi connectivity index (χ3n) is 8.21. The van der Waals surface area contributed by atoms with E-state index >= 15 is 0 Å². The van der Waals surface area contributed by atoms with E-state index in [1.807, 2.05) is 26.0 Å². The van der Waals surface area contributed by atoms with Crippen LogP contribution in [0.15, 0.2) is 64.8 Å². The summed E-state index contributed by atoms with van der Waals surface area (Å²) in [5.41, 5.74) is 6.92. The van der Waals surface area contributed by atoms with Crippen LogP contribution < -0.4 is 20.9 Å². The van der Waals surface area contributed by atoms with Crippen molar-refractivity contribution in [3.05, 3.63) is 70.3 Å². The Morgan fingerprint density at radius 1 is 1.00 bits per heavy atom. The molecule has 0 saturated carbocycles. The van der Waals surface area contributed by atoms with Crippen LogP contribution in [-0.2, 0) is 4.79 Å². The zero-order valence-electron chi connectivity index (χ0n) is 24.5. The molecule has 0 spiro atoms.